The fraction of sp³-hybridized carbons (Fsp3) is 0.300. The summed E-state index contributed by atoms with van der Waals surface area (Å²) in [6.45, 7) is 3.62. The molecule has 0 aromatic heterocycles. The first-order valence-corrected chi connectivity index (χ1v) is 8.50. The molecule has 1 fully saturated rings. The van der Waals surface area contributed by atoms with Crippen LogP contribution in [0.5, 0.6) is 0 Å². The highest BCUT2D eigenvalue weighted by molar-refractivity contribution is 6.06. The van der Waals surface area contributed by atoms with Crippen LogP contribution in [0.15, 0.2) is 48.5 Å². The second kappa shape index (κ2) is 7.47. The highest BCUT2D eigenvalue weighted by Gasteiger charge is 2.22. The summed E-state index contributed by atoms with van der Waals surface area (Å²) in [5, 5.41) is 2.54. The van der Waals surface area contributed by atoms with Crippen LogP contribution in [0, 0.1) is 11.7 Å². The summed E-state index contributed by atoms with van der Waals surface area (Å²) in [4.78, 5) is 26.9. The zero-order valence-corrected chi connectivity index (χ0v) is 14.2. The normalized spacial score (nSPS) is 17.2. The summed E-state index contributed by atoms with van der Waals surface area (Å²) in [5.41, 5.74) is 0.934. The number of hydrogen-bond donors (Lipinski definition) is 1. The van der Waals surface area contributed by atoms with Crippen molar-refractivity contribution in [1.82, 2.24) is 4.90 Å². The smallest absolute Gasteiger partial charge is 0.255 e. The molecule has 5 heteroatoms. The van der Waals surface area contributed by atoms with Crippen molar-refractivity contribution in [2.75, 3.05) is 18.4 Å². The third kappa shape index (κ3) is 4.05. The molecule has 0 radical (unpaired) electrons. The van der Waals surface area contributed by atoms with Crippen LogP contribution in [0.2, 0.25) is 0 Å². The average Bonchev–Trinajstić information content (AvgIpc) is 2.63. The van der Waals surface area contributed by atoms with Crippen LogP contribution >= 0.6 is 0 Å². The van der Waals surface area contributed by atoms with E-state index in [0.717, 1.165) is 25.9 Å². The number of likely N-dealkylation sites (tertiary alicyclic amines) is 1. The Kier molecular flexibility index (Phi) is 5.12. The number of amides is 2. The fourth-order valence-corrected chi connectivity index (χ4v) is 3.11. The number of hydrogen-bond acceptors (Lipinski definition) is 2. The molecular formula is C20H21FN2O2. The topological polar surface area (TPSA) is 49.4 Å². The van der Waals surface area contributed by atoms with E-state index in [-0.39, 0.29) is 11.6 Å². The van der Waals surface area contributed by atoms with Gasteiger partial charge in [0.05, 0.1) is 5.69 Å². The molecule has 1 atom stereocenters. The Bertz CT molecular complexity index is 791. The number of benzene rings is 2. The van der Waals surface area contributed by atoms with Crippen molar-refractivity contribution in [1.29, 1.82) is 0 Å². The Morgan fingerprint density at radius 2 is 1.88 bits per heavy atom. The molecule has 0 spiro atoms. The quantitative estimate of drug-likeness (QED) is 0.920. The molecule has 1 saturated heterocycles. The molecule has 130 valence electrons. The Hall–Kier alpha value is -2.69. The van der Waals surface area contributed by atoms with E-state index in [1.54, 1.807) is 36.4 Å². The molecule has 2 amide bonds. The maximum atomic E-state index is 13.7. The third-order valence-electron chi connectivity index (χ3n) is 4.44. The van der Waals surface area contributed by atoms with Crippen LogP contribution in [0.1, 0.15) is 40.5 Å². The van der Waals surface area contributed by atoms with Gasteiger partial charge in [-0.15, -0.1) is 0 Å². The zero-order chi connectivity index (χ0) is 17.8. The van der Waals surface area contributed by atoms with Gasteiger partial charge in [0.25, 0.3) is 11.8 Å². The predicted octanol–water partition coefficient (Wildman–Crippen LogP) is 3.95. The number of halogens is 1. The Labute approximate surface area is 146 Å². The van der Waals surface area contributed by atoms with Gasteiger partial charge < -0.3 is 10.2 Å². The van der Waals surface area contributed by atoms with Crippen molar-refractivity contribution >= 4 is 17.5 Å². The van der Waals surface area contributed by atoms with E-state index in [1.165, 1.54) is 12.1 Å². The van der Waals surface area contributed by atoms with Crippen LogP contribution in [0.25, 0.3) is 0 Å². The van der Waals surface area contributed by atoms with Crippen molar-refractivity contribution < 1.29 is 14.0 Å². The first-order chi connectivity index (χ1) is 12.0. The van der Waals surface area contributed by atoms with Crippen molar-refractivity contribution in [3.05, 3.63) is 65.5 Å². The number of rotatable bonds is 3. The summed E-state index contributed by atoms with van der Waals surface area (Å²) < 4.78 is 13.7. The van der Waals surface area contributed by atoms with Crippen LogP contribution in [-0.4, -0.2) is 29.8 Å². The largest absolute Gasteiger partial charge is 0.338 e. The van der Waals surface area contributed by atoms with Gasteiger partial charge in [0.1, 0.15) is 5.82 Å². The van der Waals surface area contributed by atoms with Crippen molar-refractivity contribution in [3.8, 4) is 0 Å². The summed E-state index contributed by atoms with van der Waals surface area (Å²) in [7, 11) is 0. The van der Waals surface area contributed by atoms with Gasteiger partial charge >= 0.3 is 0 Å². The zero-order valence-electron chi connectivity index (χ0n) is 14.2. The second-order valence-corrected chi connectivity index (χ2v) is 6.51. The van der Waals surface area contributed by atoms with Crippen LogP contribution in [0.4, 0.5) is 10.1 Å². The van der Waals surface area contributed by atoms with E-state index in [0.29, 0.717) is 17.0 Å². The highest BCUT2D eigenvalue weighted by Crippen LogP contribution is 2.19. The number of carbonyl (C=O) groups excluding carboxylic acids is 2. The molecule has 4 nitrogen and oxygen atoms in total. The number of carbonyl (C=O) groups is 2. The van der Waals surface area contributed by atoms with Crippen molar-refractivity contribution in [2.24, 2.45) is 5.92 Å². The van der Waals surface area contributed by atoms with E-state index in [2.05, 4.69) is 12.2 Å². The van der Waals surface area contributed by atoms with Gasteiger partial charge in [-0.3, -0.25) is 9.59 Å². The minimum Gasteiger partial charge on any atom is -0.338 e. The third-order valence-corrected chi connectivity index (χ3v) is 4.44. The van der Waals surface area contributed by atoms with Gasteiger partial charge in [-0.25, -0.2) is 4.39 Å². The summed E-state index contributed by atoms with van der Waals surface area (Å²) >= 11 is 0. The van der Waals surface area contributed by atoms with Gasteiger partial charge in [0.2, 0.25) is 0 Å². The van der Waals surface area contributed by atoms with Gasteiger partial charge in [0, 0.05) is 24.2 Å². The van der Waals surface area contributed by atoms with Crippen molar-refractivity contribution in [3.63, 3.8) is 0 Å². The maximum absolute atomic E-state index is 13.7. The van der Waals surface area contributed by atoms with Gasteiger partial charge in [-0.2, -0.15) is 0 Å². The van der Waals surface area contributed by atoms with Crippen LogP contribution < -0.4 is 5.32 Å². The Morgan fingerprint density at radius 3 is 2.64 bits per heavy atom. The van der Waals surface area contributed by atoms with E-state index >= 15 is 0 Å². The van der Waals surface area contributed by atoms with Gasteiger partial charge in [-0.05, 0) is 49.1 Å². The lowest BCUT2D eigenvalue weighted by Crippen LogP contribution is -2.39. The standard InChI is InChI=1S/C20H21FN2O2/c1-14-6-5-11-23(13-14)20(25)16-8-4-7-15(12-16)19(24)22-18-10-3-2-9-17(18)21/h2-4,7-10,12,14H,5-6,11,13H2,1H3,(H,22,24). The molecule has 1 heterocycles. The first kappa shape index (κ1) is 17.1. The van der Waals surface area contributed by atoms with Gasteiger partial charge in [-0.1, -0.05) is 25.1 Å². The molecule has 25 heavy (non-hydrogen) atoms. The SMILES string of the molecule is CC1CCCN(C(=O)c2cccc(C(=O)Nc3ccccc3F)c2)C1. The summed E-state index contributed by atoms with van der Waals surface area (Å²) in [6, 6.07) is 12.6. The monoisotopic (exact) mass is 340 g/mol. The molecule has 0 aliphatic carbocycles. The van der Waals surface area contributed by atoms with E-state index in [9.17, 15) is 14.0 Å². The molecule has 2 aromatic carbocycles. The lowest BCUT2D eigenvalue weighted by Gasteiger charge is -2.31. The minimum absolute atomic E-state index is 0.0629. The Balaban J connectivity index is 1.75. The fourth-order valence-electron chi connectivity index (χ4n) is 3.11. The average molecular weight is 340 g/mol. The molecule has 0 bridgehead atoms. The van der Waals surface area contributed by atoms with E-state index < -0.39 is 11.7 Å². The maximum Gasteiger partial charge on any atom is 0.255 e. The molecule has 1 aliphatic heterocycles. The highest BCUT2D eigenvalue weighted by atomic mass is 19.1. The van der Waals surface area contributed by atoms with Crippen molar-refractivity contribution in [2.45, 2.75) is 19.8 Å². The number of nitrogens with one attached hydrogen (secondary N) is 1. The lowest BCUT2D eigenvalue weighted by atomic mass is 9.99. The van der Waals surface area contributed by atoms with E-state index in [4.69, 9.17) is 0 Å². The lowest BCUT2D eigenvalue weighted by molar-refractivity contribution is 0.0683. The number of piperidine rings is 1. The van der Waals surface area contributed by atoms with E-state index in [1.807, 2.05) is 4.90 Å². The van der Waals surface area contributed by atoms with Crippen LogP contribution in [-0.2, 0) is 0 Å². The Morgan fingerprint density at radius 1 is 1.12 bits per heavy atom. The molecule has 3 rings (SSSR count). The predicted molar refractivity (Wildman–Crippen MR) is 95.1 cm³/mol. The molecule has 0 saturated carbocycles. The summed E-state index contributed by atoms with van der Waals surface area (Å²) in [5.74, 6) is -0.505. The number of nitrogens with zero attached hydrogens (tertiary/aromatic N) is 1. The van der Waals surface area contributed by atoms with Crippen LogP contribution in [0.3, 0.4) is 0 Å². The molecule has 1 N–H and O–H groups in total. The minimum atomic E-state index is -0.495. The molecule has 2 aromatic rings. The molecule has 1 aliphatic rings. The van der Waals surface area contributed by atoms with Gasteiger partial charge in [0.15, 0.2) is 0 Å². The summed E-state index contributed by atoms with van der Waals surface area (Å²) in [6.07, 6.45) is 2.13. The second-order valence-electron chi connectivity index (χ2n) is 6.51. The molecule has 1 unspecified atom stereocenters. The molecular weight excluding hydrogens is 319 g/mol. The number of anilines is 1. The number of para-hydroxylation sites is 1. The first-order valence-electron chi connectivity index (χ1n) is 8.50.